The van der Waals surface area contributed by atoms with Gasteiger partial charge in [-0.2, -0.15) is 5.10 Å². The summed E-state index contributed by atoms with van der Waals surface area (Å²) >= 11 is 0. The molecule has 2 N–H and O–H groups in total. The Balaban J connectivity index is 0.00000280. The van der Waals surface area contributed by atoms with Crippen molar-refractivity contribution in [2.45, 2.75) is 20.0 Å². The Kier molecular flexibility index (Phi) is 8.23. The zero-order valence-electron chi connectivity index (χ0n) is 16.3. The number of benzene rings is 2. The molecule has 0 saturated carbocycles. The predicted molar refractivity (Wildman–Crippen MR) is 115 cm³/mol. The van der Waals surface area contributed by atoms with Gasteiger partial charge in [0.25, 0.3) is 0 Å². The van der Waals surface area contributed by atoms with Crippen LogP contribution in [-0.4, -0.2) is 29.3 Å². The zero-order valence-corrected chi connectivity index (χ0v) is 17.1. The first kappa shape index (κ1) is 21.7. The number of hydrogen-bond acceptors (Lipinski definition) is 3. The molecule has 0 fully saturated rings. The lowest BCUT2D eigenvalue weighted by molar-refractivity contribution is -0.124. The van der Waals surface area contributed by atoms with E-state index in [9.17, 15) is 4.79 Å². The Hall–Kier alpha value is -2.63. The van der Waals surface area contributed by atoms with E-state index in [1.807, 2.05) is 73.4 Å². The molecule has 148 valence electrons. The molecule has 0 aliphatic carbocycles. The summed E-state index contributed by atoms with van der Waals surface area (Å²) in [4.78, 5) is 12.3. The Morgan fingerprint density at radius 1 is 1.07 bits per heavy atom. The summed E-state index contributed by atoms with van der Waals surface area (Å²) in [7, 11) is 1.85. The molecule has 0 saturated heterocycles. The van der Waals surface area contributed by atoms with Gasteiger partial charge in [-0.15, -0.1) is 12.4 Å². The molecule has 2 aromatic carbocycles. The van der Waals surface area contributed by atoms with Crippen LogP contribution in [0, 0.1) is 5.92 Å². The molecule has 1 heterocycles. The molecule has 0 aliphatic heterocycles. The van der Waals surface area contributed by atoms with Gasteiger partial charge in [-0.25, -0.2) is 0 Å². The van der Waals surface area contributed by atoms with Gasteiger partial charge in [0.2, 0.25) is 5.91 Å². The largest absolute Gasteiger partial charge is 0.352 e. The molecule has 1 atom stereocenters. The van der Waals surface area contributed by atoms with Gasteiger partial charge in [-0.1, -0.05) is 67.6 Å². The lowest BCUT2D eigenvalue weighted by Gasteiger charge is -2.11. The smallest absolute Gasteiger partial charge is 0.224 e. The molecular weight excluding hydrogens is 372 g/mol. The molecule has 0 radical (unpaired) electrons. The fraction of sp³-hybridized carbons (Fsp3) is 0.273. The second-order valence-electron chi connectivity index (χ2n) is 6.73. The first-order valence-corrected chi connectivity index (χ1v) is 9.25. The van der Waals surface area contributed by atoms with Crippen LogP contribution in [0.2, 0.25) is 0 Å². The highest BCUT2D eigenvalue weighted by Gasteiger charge is 2.15. The van der Waals surface area contributed by atoms with Crippen molar-refractivity contribution < 1.29 is 4.79 Å². The van der Waals surface area contributed by atoms with Gasteiger partial charge in [-0.05, 0) is 12.6 Å². The van der Waals surface area contributed by atoms with Gasteiger partial charge in [0.1, 0.15) is 0 Å². The van der Waals surface area contributed by atoms with Gasteiger partial charge in [0.05, 0.1) is 12.2 Å². The van der Waals surface area contributed by atoms with Crippen molar-refractivity contribution in [2.24, 2.45) is 5.92 Å². The van der Waals surface area contributed by atoms with Crippen LogP contribution in [0.1, 0.15) is 18.1 Å². The number of nitrogens with zero attached hydrogens (tertiary/aromatic N) is 2. The Morgan fingerprint density at radius 3 is 2.36 bits per heavy atom. The highest BCUT2D eigenvalue weighted by Crippen LogP contribution is 2.22. The maximum atomic E-state index is 12.3. The number of carbonyl (C=O) groups is 1. The molecule has 3 rings (SSSR count). The van der Waals surface area contributed by atoms with E-state index in [0.717, 1.165) is 16.8 Å². The zero-order chi connectivity index (χ0) is 19.1. The minimum absolute atomic E-state index is 0. The van der Waals surface area contributed by atoms with Crippen molar-refractivity contribution in [1.29, 1.82) is 0 Å². The van der Waals surface area contributed by atoms with Crippen LogP contribution >= 0.6 is 12.4 Å². The standard InChI is InChI=1S/C22H26N4O.ClH/c1-17(13-23-2)22(27)24-14-20-16-26(15-18-9-5-3-6-10-18)25-21(20)19-11-7-4-8-12-19;/h3-12,16-17,23H,13-15H2,1-2H3,(H,24,27);1H. The number of aromatic nitrogens is 2. The Morgan fingerprint density at radius 2 is 1.71 bits per heavy atom. The lowest BCUT2D eigenvalue weighted by Crippen LogP contribution is -2.33. The normalized spacial score (nSPS) is 11.5. The molecule has 1 unspecified atom stereocenters. The molecule has 0 aliphatic rings. The Labute approximate surface area is 172 Å². The average molecular weight is 399 g/mol. The molecular formula is C22H27ClN4O. The van der Waals surface area contributed by atoms with Gasteiger partial charge in [0.15, 0.2) is 0 Å². The van der Waals surface area contributed by atoms with Crippen molar-refractivity contribution in [3.63, 3.8) is 0 Å². The second-order valence-corrected chi connectivity index (χ2v) is 6.73. The third-order valence-electron chi connectivity index (χ3n) is 4.48. The van der Waals surface area contributed by atoms with Gasteiger partial charge < -0.3 is 10.6 Å². The Bertz CT molecular complexity index is 865. The third kappa shape index (κ3) is 5.68. The van der Waals surface area contributed by atoms with E-state index in [0.29, 0.717) is 19.6 Å². The van der Waals surface area contributed by atoms with E-state index in [-0.39, 0.29) is 24.2 Å². The number of amides is 1. The van der Waals surface area contributed by atoms with E-state index < -0.39 is 0 Å². The monoisotopic (exact) mass is 398 g/mol. The van der Waals surface area contributed by atoms with Crippen molar-refractivity contribution in [2.75, 3.05) is 13.6 Å². The van der Waals surface area contributed by atoms with Crippen molar-refractivity contribution in [3.05, 3.63) is 78.0 Å². The summed E-state index contributed by atoms with van der Waals surface area (Å²) in [5, 5.41) is 10.9. The van der Waals surface area contributed by atoms with Crippen LogP contribution in [0.4, 0.5) is 0 Å². The second kappa shape index (κ2) is 10.6. The number of carbonyl (C=O) groups excluding carboxylic acids is 1. The summed E-state index contributed by atoms with van der Waals surface area (Å²) in [6, 6.07) is 20.3. The summed E-state index contributed by atoms with van der Waals surface area (Å²) < 4.78 is 1.94. The van der Waals surface area contributed by atoms with Crippen LogP contribution in [0.5, 0.6) is 0 Å². The number of rotatable bonds is 8. The maximum Gasteiger partial charge on any atom is 0.224 e. The quantitative estimate of drug-likeness (QED) is 0.610. The van der Waals surface area contributed by atoms with Crippen molar-refractivity contribution in [3.8, 4) is 11.3 Å². The van der Waals surface area contributed by atoms with E-state index in [1.54, 1.807) is 0 Å². The number of halogens is 1. The summed E-state index contributed by atoms with van der Waals surface area (Å²) in [5.74, 6) is -0.0336. The van der Waals surface area contributed by atoms with E-state index in [4.69, 9.17) is 5.10 Å². The molecule has 0 bridgehead atoms. The minimum Gasteiger partial charge on any atom is -0.352 e. The van der Waals surface area contributed by atoms with E-state index in [2.05, 4.69) is 22.8 Å². The highest BCUT2D eigenvalue weighted by atomic mass is 35.5. The molecule has 1 amide bonds. The summed E-state index contributed by atoms with van der Waals surface area (Å²) in [5.41, 5.74) is 4.17. The van der Waals surface area contributed by atoms with Gasteiger partial charge in [0, 0.05) is 36.3 Å². The number of nitrogens with one attached hydrogen (secondary N) is 2. The van der Waals surface area contributed by atoms with Crippen LogP contribution in [0.3, 0.4) is 0 Å². The fourth-order valence-corrected chi connectivity index (χ4v) is 3.04. The summed E-state index contributed by atoms with van der Waals surface area (Å²) in [6.07, 6.45) is 2.03. The molecule has 6 heteroatoms. The molecule has 1 aromatic heterocycles. The van der Waals surface area contributed by atoms with Crippen LogP contribution in [0.15, 0.2) is 66.9 Å². The van der Waals surface area contributed by atoms with Crippen LogP contribution in [0.25, 0.3) is 11.3 Å². The van der Waals surface area contributed by atoms with Gasteiger partial charge >= 0.3 is 0 Å². The molecule has 5 nitrogen and oxygen atoms in total. The summed E-state index contributed by atoms with van der Waals surface area (Å²) in [6.45, 7) is 3.74. The van der Waals surface area contributed by atoms with Crippen LogP contribution < -0.4 is 10.6 Å². The third-order valence-corrected chi connectivity index (χ3v) is 4.48. The predicted octanol–water partition coefficient (Wildman–Crippen LogP) is 3.49. The van der Waals surface area contributed by atoms with E-state index >= 15 is 0 Å². The highest BCUT2D eigenvalue weighted by molar-refractivity contribution is 5.85. The molecule has 0 spiro atoms. The van der Waals surface area contributed by atoms with Crippen molar-refractivity contribution >= 4 is 18.3 Å². The lowest BCUT2D eigenvalue weighted by atomic mass is 10.1. The van der Waals surface area contributed by atoms with E-state index in [1.165, 1.54) is 5.56 Å². The average Bonchev–Trinajstić information content (AvgIpc) is 3.10. The first-order chi connectivity index (χ1) is 13.2. The molecule has 28 heavy (non-hydrogen) atoms. The SMILES string of the molecule is CNCC(C)C(=O)NCc1cn(Cc2ccccc2)nc1-c1ccccc1.Cl. The minimum atomic E-state index is -0.0745. The fourth-order valence-electron chi connectivity index (χ4n) is 3.04. The van der Waals surface area contributed by atoms with Crippen molar-refractivity contribution in [1.82, 2.24) is 20.4 Å². The van der Waals surface area contributed by atoms with Gasteiger partial charge in [-0.3, -0.25) is 9.48 Å². The number of hydrogen-bond donors (Lipinski definition) is 2. The first-order valence-electron chi connectivity index (χ1n) is 9.25. The maximum absolute atomic E-state index is 12.3. The molecule has 3 aromatic rings. The topological polar surface area (TPSA) is 59.0 Å². The van der Waals surface area contributed by atoms with Crippen LogP contribution in [-0.2, 0) is 17.9 Å².